The molecule has 1 aliphatic rings. The number of rotatable bonds is 38. The molecular formula is C130H186O14. The third kappa shape index (κ3) is 55.8. The Morgan fingerprint density at radius 3 is 0.799 bits per heavy atom. The minimum absolute atomic E-state index is 0.0224. The number of benzene rings is 11. The Bertz CT molecular complexity index is 4780. The second kappa shape index (κ2) is 73.8. The Kier molecular flexibility index (Phi) is 65.1. The molecule has 0 aliphatic heterocycles. The molecule has 1 saturated carbocycles. The average Bonchev–Trinajstić information content (AvgIpc) is 0.878. The molecule has 13 unspecified atom stereocenters. The van der Waals surface area contributed by atoms with E-state index in [9.17, 15) is 9.59 Å². The Morgan fingerprint density at radius 1 is 0.292 bits per heavy atom. The molecule has 13 atom stereocenters. The van der Waals surface area contributed by atoms with Crippen molar-refractivity contribution >= 4 is 11.9 Å². The molecule has 1 aliphatic carbocycles. The summed E-state index contributed by atoms with van der Waals surface area (Å²) in [4.78, 5) is 21.8. The van der Waals surface area contributed by atoms with Gasteiger partial charge in [0.25, 0.3) is 0 Å². The van der Waals surface area contributed by atoms with Crippen molar-refractivity contribution < 1.29 is 67.9 Å². The number of carbonyl (C=O) groups excluding carboxylic acids is 2. The molecule has 0 radical (unpaired) electrons. The van der Waals surface area contributed by atoms with Gasteiger partial charge >= 0.3 is 11.9 Å². The summed E-state index contributed by atoms with van der Waals surface area (Å²) in [5.74, 6) is 10.6. The molecule has 0 amide bonds. The van der Waals surface area contributed by atoms with E-state index in [1.54, 1.807) is 48.5 Å². The summed E-state index contributed by atoms with van der Waals surface area (Å²) >= 11 is 0. The molecule has 14 nitrogen and oxygen atoms in total. The SMILES string of the molecule is CCC(C)C(=O)OC(C)(C)C.CCC(C)c1ccc(O)cc1.CCC(C)c1ccc(O)cc1.CCC(C)c1ccc(O)cc1.CCC(C)c1ccc(O)cc1.CCC(C)c1ccc(OC(C)=O)cc1.CCC(C)c1ccc(OC(C)OCCC2CCCCC2)cc1.CCC(C)c1ccc(OC(C)OCCc2ccccc2)cc1.CCC(C)c1ccc(OC(C)OCc2ccccc2)cc1.CCC(C)c1ccccc1. The van der Waals surface area contributed by atoms with Gasteiger partial charge in [-0.2, -0.15) is 0 Å². The van der Waals surface area contributed by atoms with Crippen molar-refractivity contribution in [2.75, 3.05) is 13.2 Å². The van der Waals surface area contributed by atoms with Crippen molar-refractivity contribution in [3.05, 3.63) is 346 Å². The minimum atomic E-state index is -0.347. The molecule has 1 fully saturated rings. The van der Waals surface area contributed by atoms with Gasteiger partial charge in [0, 0.05) is 6.92 Å². The second-order valence-electron chi connectivity index (χ2n) is 39.4. The summed E-state index contributed by atoms with van der Waals surface area (Å²) in [7, 11) is 0. The smallest absolute Gasteiger partial charge is 0.309 e. The first kappa shape index (κ1) is 127. The fourth-order valence-corrected chi connectivity index (χ4v) is 14.7. The van der Waals surface area contributed by atoms with E-state index in [2.05, 4.69) is 216 Å². The molecule has 0 spiro atoms. The first-order valence-electron chi connectivity index (χ1n) is 53.8. The number of carbonyl (C=O) groups is 2. The summed E-state index contributed by atoms with van der Waals surface area (Å²) in [6.45, 7) is 58.4. The highest BCUT2D eigenvalue weighted by atomic mass is 16.7. The van der Waals surface area contributed by atoms with Gasteiger partial charge in [-0.3, -0.25) is 9.59 Å². The molecule has 11 aromatic rings. The zero-order valence-electron chi connectivity index (χ0n) is 93.2. The van der Waals surface area contributed by atoms with Crippen LogP contribution in [0.15, 0.2) is 285 Å². The monoisotopic (exact) mass is 1970 g/mol. The van der Waals surface area contributed by atoms with Crippen LogP contribution in [-0.2, 0) is 41.6 Å². The minimum Gasteiger partial charge on any atom is -0.508 e. The van der Waals surface area contributed by atoms with Crippen molar-refractivity contribution in [1.82, 2.24) is 0 Å². The number of phenolic OH excluding ortho intramolecular Hbond substituents is 4. The lowest BCUT2D eigenvalue weighted by Crippen LogP contribution is -2.27. The Morgan fingerprint density at radius 2 is 0.535 bits per heavy atom. The standard InChI is InChI=1S/C20H32O2.C20H26O2.C19H24O2.C12H16O2.4C10H14O.C10H14.C9H18O2/c2*1-4-16(2)19-10-12-20(13-11-19)22-17(3)21-15-14-18-8-6-5-7-9-18;1-4-15(2)18-10-12-19(13-11-18)21-16(3)20-14-17-8-6-5-7-9-17;1-4-9(2)11-5-7-12(8-6-11)14-10(3)13;4*1-3-8(2)9-4-6-10(11)7-5-9;1-3-9(2)10-7-5-4-6-8-10;1-6-7(2)8(10)11-9(3,4)5/h10-13,16-18H,4-9,14-15H2,1-3H3;5-13,16-17H,4,14-15H2,1-3H3;5-13,15-16H,4,14H2,1-3H3;5-9H,4H2,1-3H3;4*4-8,11H,3H2,1-2H3;4-9H,3H2,1-2H3;7H,6H2,1-5H3. The third-order valence-electron chi connectivity index (χ3n) is 26.6. The van der Waals surface area contributed by atoms with Gasteiger partial charge in [0.2, 0.25) is 0 Å². The van der Waals surface area contributed by atoms with E-state index in [4.69, 9.17) is 58.3 Å². The molecule has 14 heteroatoms. The Labute approximate surface area is 872 Å². The lowest BCUT2D eigenvalue weighted by Gasteiger charge is -2.22. The molecule has 11 aromatic carbocycles. The predicted molar refractivity (Wildman–Crippen MR) is 604 cm³/mol. The molecular weight excluding hydrogens is 1790 g/mol. The maximum atomic E-state index is 11.2. The van der Waals surface area contributed by atoms with Crippen LogP contribution in [0.1, 0.15) is 404 Å². The summed E-state index contributed by atoms with van der Waals surface area (Å²) in [5.41, 5.74) is 14.1. The zero-order chi connectivity index (χ0) is 107. The van der Waals surface area contributed by atoms with E-state index in [0.29, 0.717) is 95.2 Å². The summed E-state index contributed by atoms with van der Waals surface area (Å²) in [5, 5.41) is 36.0. The molecule has 790 valence electrons. The summed E-state index contributed by atoms with van der Waals surface area (Å²) < 4.78 is 44.8. The largest absolute Gasteiger partial charge is 0.508 e. The predicted octanol–water partition coefficient (Wildman–Crippen LogP) is 36.6. The molecule has 0 saturated heterocycles. The van der Waals surface area contributed by atoms with E-state index in [1.807, 2.05) is 201 Å². The van der Waals surface area contributed by atoms with Crippen LogP contribution >= 0.6 is 0 Å². The van der Waals surface area contributed by atoms with E-state index in [-0.39, 0.29) is 42.3 Å². The van der Waals surface area contributed by atoms with Gasteiger partial charge in [-0.15, -0.1) is 0 Å². The highest BCUT2D eigenvalue weighted by molar-refractivity contribution is 5.72. The fourth-order valence-electron chi connectivity index (χ4n) is 14.7. The number of esters is 2. The van der Waals surface area contributed by atoms with Gasteiger partial charge in [-0.25, -0.2) is 0 Å². The molecule has 0 bridgehead atoms. The maximum Gasteiger partial charge on any atom is 0.309 e. The van der Waals surface area contributed by atoms with Crippen molar-refractivity contribution in [3.63, 3.8) is 0 Å². The zero-order valence-corrected chi connectivity index (χ0v) is 93.2. The van der Waals surface area contributed by atoms with Crippen molar-refractivity contribution in [2.24, 2.45) is 11.8 Å². The molecule has 4 N–H and O–H groups in total. The van der Waals surface area contributed by atoms with E-state index < -0.39 is 0 Å². The topological polar surface area (TPSA) is 189 Å². The number of aromatic hydroxyl groups is 4. The van der Waals surface area contributed by atoms with Crippen LogP contribution in [0.25, 0.3) is 0 Å². The van der Waals surface area contributed by atoms with Gasteiger partial charge in [0.1, 0.15) is 51.6 Å². The lowest BCUT2D eigenvalue weighted by molar-refractivity contribution is -0.159. The van der Waals surface area contributed by atoms with Crippen LogP contribution in [0.4, 0.5) is 0 Å². The van der Waals surface area contributed by atoms with Gasteiger partial charge in [-0.1, -0.05) is 359 Å². The van der Waals surface area contributed by atoms with Crippen LogP contribution in [0, 0.1) is 11.8 Å². The highest BCUT2D eigenvalue weighted by Crippen LogP contribution is 2.32. The Hall–Kier alpha value is -11.2. The van der Waals surface area contributed by atoms with Gasteiger partial charge in [-0.05, 0) is 336 Å². The molecule has 0 heterocycles. The van der Waals surface area contributed by atoms with Crippen LogP contribution in [0.5, 0.6) is 46.0 Å². The fraction of sp³-hybridized carbons (Fsp3) is 0.477. The lowest BCUT2D eigenvalue weighted by atomic mass is 9.87. The van der Waals surface area contributed by atoms with Gasteiger partial charge in [0.15, 0.2) is 18.9 Å². The Balaban J connectivity index is 0.000000418. The number of ether oxygens (including phenoxy) is 8. The van der Waals surface area contributed by atoms with Crippen LogP contribution < -0.4 is 18.9 Å². The van der Waals surface area contributed by atoms with Crippen molar-refractivity contribution in [1.29, 1.82) is 0 Å². The van der Waals surface area contributed by atoms with Crippen LogP contribution in [0.3, 0.4) is 0 Å². The second-order valence-corrected chi connectivity index (χ2v) is 39.4. The molecule has 0 aromatic heterocycles. The van der Waals surface area contributed by atoms with Crippen molar-refractivity contribution in [2.45, 2.75) is 380 Å². The van der Waals surface area contributed by atoms with E-state index in [0.717, 1.165) is 93.1 Å². The maximum absolute atomic E-state index is 11.2. The van der Waals surface area contributed by atoms with E-state index in [1.165, 1.54) is 114 Å². The third-order valence-corrected chi connectivity index (χ3v) is 26.6. The number of hydrogen-bond donors (Lipinski definition) is 4. The van der Waals surface area contributed by atoms with Crippen LogP contribution in [-0.4, -0.2) is 70.0 Å². The normalized spacial score (nSPS) is 14.1. The highest BCUT2D eigenvalue weighted by Gasteiger charge is 2.21. The van der Waals surface area contributed by atoms with Crippen LogP contribution in [0.2, 0.25) is 0 Å². The quantitative estimate of drug-likeness (QED) is 0.0162. The first-order chi connectivity index (χ1) is 68.8. The molecule has 144 heavy (non-hydrogen) atoms. The van der Waals surface area contributed by atoms with E-state index >= 15 is 0 Å². The average molecular weight is 1970 g/mol. The first-order valence-corrected chi connectivity index (χ1v) is 53.8. The van der Waals surface area contributed by atoms with Gasteiger partial charge < -0.3 is 58.3 Å². The number of hydrogen-bond acceptors (Lipinski definition) is 14. The summed E-state index contributed by atoms with van der Waals surface area (Å²) in [6.07, 6.45) is 19.6. The number of phenols is 4. The van der Waals surface area contributed by atoms with Crippen molar-refractivity contribution in [3.8, 4) is 46.0 Å². The molecule has 12 rings (SSSR count). The summed E-state index contributed by atoms with van der Waals surface area (Å²) in [6, 6.07) is 93.6. The van der Waals surface area contributed by atoms with Gasteiger partial charge in [0.05, 0.1) is 25.7 Å².